The standard InChI is InChI=1S/C15H22N2O/c1-3-6-17-14-7-11(2)4-5-13(14)16-8-12-9-18-10-15(12)17/h4-5,7,12,15-16H,3,6,8-10H2,1-2H3. The minimum atomic E-state index is 0.542. The Hall–Kier alpha value is -1.22. The summed E-state index contributed by atoms with van der Waals surface area (Å²) in [4.78, 5) is 2.56. The molecule has 0 aliphatic carbocycles. The summed E-state index contributed by atoms with van der Waals surface area (Å²) in [5, 5.41) is 3.59. The number of hydrogen-bond acceptors (Lipinski definition) is 3. The number of nitrogens with zero attached hydrogens (tertiary/aromatic N) is 1. The normalized spacial score (nSPS) is 26.2. The maximum atomic E-state index is 5.69. The highest BCUT2D eigenvalue weighted by Gasteiger charge is 2.35. The zero-order valence-corrected chi connectivity index (χ0v) is 11.3. The summed E-state index contributed by atoms with van der Waals surface area (Å²) >= 11 is 0. The molecule has 0 amide bonds. The summed E-state index contributed by atoms with van der Waals surface area (Å²) in [7, 11) is 0. The van der Waals surface area contributed by atoms with Crippen LogP contribution in [0.3, 0.4) is 0 Å². The monoisotopic (exact) mass is 246 g/mol. The van der Waals surface area contributed by atoms with E-state index in [-0.39, 0.29) is 0 Å². The highest BCUT2D eigenvalue weighted by atomic mass is 16.5. The fraction of sp³-hybridized carbons (Fsp3) is 0.600. The number of benzene rings is 1. The molecule has 1 aromatic carbocycles. The van der Waals surface area contributed by atoms with Crippen LogP contribution < -0.4 is 10.2 Å². The van der Waals surface area contributed by atoms with Gasteiger partial charge in [0, 0.05) is 19.0 Å². The van der Waals surface area contributed by atoms with Gasteiger partial charge < -0.3 is 15.0 Å². The minimum absolute atomic E-state index is 0.542. The molecule has 2 aliphatic rings. The Kier molecular flexibility index (Phi) is 3.16. The van der Waals surface area contributed by atoms with Crippen molar-refractivity contribution in [3.05, 3.63) is 23.8 Å². The second-order valence-electron chi connectivity index (χ2n) is 5.46. The summed E-state index contributed by atoms with van der Waals surface area (Å²) in [6.45, 7) is 8.32. The van der Waals surface area contributed by atoms with Gasteiger partial charge in [0.15, 0.2) is 0 Å². The molecule has 0 aromatic heterocycles. The van der Waals surface area contributed by atoms with E-state index in [1.807, 2.05) is 0 Å². The first-order valence-corrected chi connectivity index (χ1v) is 6.98. The molecule has 2 aliphatic heterocycles. The van der Waals surface area contributed by atoms with E-state index in [9.17, 15) is 0 Å². The molecule has 98 valence electrons. The molecule has 3 nitrogen and oxygen atoms in total. The Balaban J connectivity index is 2.01. The second kappa shape index (κ2) is 4.81. The number of aryl methyl sites for hydroxylation is 1. The lowest BCUT2D eigenvalue weighted by Gasteiger charge is -2.32. The van der Waals surface area contributed by atoms with Gasteiger partial charge in [0.2, 0.25) is 0 Å². The Morgan fingerprint density at radius 2 is 2.28 bits per heavy atom. The van der Waals surface area contributed by atoms with Gasteiger partial charge >= 0.3 is 0 Å². The highest BCUT2D eigenvalue weighted by Crippen LogP contribution is 2.35. The van der Waals surface area contributed by atoms with Crippen LogP contribution in [0.5, 0.6) is 0 Å². The molecular weight excluding hydrogens is 224 g/mol. The van der Waals surface area contributed by atoms with Crippen LogP contribution in [0.25, 0.3) is 0 Å². The summed E-state index contributed by atoms with van der Waals surface area (Å²) in [5.41, 5.74) is 3.97. The summed E-state index contributed by atoms with van der Waals surface area (Å²) < 4.78 is 5.69. The van der Waals surface area contributed by atoms with E-state index in [1.165, 1.54) is 23.4 Å². The van der Waals surface area contributed by atoms with Crippen LogP contribution >= 0.6 is 0 Å². The van der Waals surface area contributed by atoms with Gasteiger partial charge in [-0.25, -0.2) is 0 Å². The van der Waals surface area contributed by atoms with Crippen LogP contribution in [0.2, 0.25) is 0 Å². The lowest BCUT2D eigenvalue weighted by Crippen LogP contribution is -2.41. The first kappa shape index (κ1) is 11.8. The third kappa shape index (κ3) is 1.97. The Morgan fingerprint density at radius 1 is 1.39 bits per heavy atom. The van der Waals surface area contributed by atoms with E-state index in [4.69, 9.17) is 4.74 Å². The zero-order chi connectivity index (χ0) is 12.5. The largest absolute Gasteiger partial charge is 0.383 e. The summed E-state index contributed by atoms with van der Waals surface area (Å²) in [6.07, 6.45) is 1.18. The number of rotatable bonds is 2. The van der Waals surface area contributed by atoms with Crippen molar-refractivity contribution in [3.63, 3.8) is 0 Å². The molecular formula is C15H22N2O. The topological polar surface area (TPSA) is 24.5 Å². The molecule has 0 radical (unpaired) electrons. The number of nitrogens with one attached hydrogen (secondary N) is 1. The molecule has 1 fully saturated rings. The van der Waals surface area contributed by atoms with Gasteiger partial charge in [0.05, 0.1) is 30.6 Å². The molecule has 3 rings (SSSR count). The van der Waals surface area contributed by atoms with Crippen molar-refractivity contribution in [3.8, 4) is 0 Å². The number of ether oxygens (including phenoxy) is 1. The maximum absolute atomic E-state index is 5.69. The Morgan fingerprint density at radius 3 is 3.11 bits per heavy atom. The molecule has 1 saturated heterocycles. The maximum Gasteiger partial charge on any atom is 0.0674 e. The molecule has 2 heterocycles. The predicted molar refractivity (Wildman–Crippen MR) is 75.4 cm³/mol. The van der Waals surface area contributed by atoms with E-state index in [0.29, 0.717) is 12.0 Å². The van der Waals surface area contributed by atoms with Crippen molar-refractivity contribution >= 4 is 11.4 Å². The highest BCUT2D eigenvalue weighted by molar-refractivity contribution is 5.72. The van der Waals surface area contributed by atoms with Gasteiger partial charge in [-0.2, -0.15) is 0 Å². The Bertz CT molecular complexity index is 433. The molecule has 0 spiro atoms. The fourth-order valence-corrected chi connectivity index (χ4v) is 3.10. The van der Waals surface area contributed by atoms with E-state index in [2.05, 4.69) is 42.3 Å². The van der Waals surface area contributed by atoms with Gasteiger partial charge in [0.1, 0.15) is 0 Å². The number of anilines is 2. The van der Waals surface area contributed by atoms with Crippen LogP contribution in [0.4, 0.5) is 11.4 Å². The third-order valence-corrected chi connectivity index (χ3v) is 4.05. The number of hydrogen-bond donors (Lipinski definition) is 1. The average molecular weight is 246 g/mol. The molecule has 18 heavy (non-hydrogen) atoms. The van der Waals surface area contributed by atoms with Gasteiger partial charge in [-0.1, -0.05) is 13.0 Å². The first-order chi connectivity index (χ1) is 8.79. The van der Waals surface area contributed by atoms with Gasteiger partial charge in [-0.15, -0.1) is 0 Å². The van der Waals surface area contributed by atoms with Crippen molar-refractivity contribution in [2.24, 2.45) is 5.92 Å². The lowest BCUT2D eigenvalue weighted by molar-refractivity contribution is 0.185. The smallest absolute Gasteiger partial charge is 0.0674 e. The van der Waals surface area contributed by atoms with E-state index >= 15 is 0 Å². The Labute approximate surface area is 109 Å². The second-order valence-corrected chi connectivity index (χ2v) is 5.46. The van der Waals surface area contributed by atoms with Crippen LogP contribution in [0.1, 0.15) is 18.9 Å². The van der Waals surface area contributed by atoms with Crippen molar-refractivity contribution < 1.29 is 4.74 Å². The van der Waals surface area contributed by atoms with Crippen molar-refractivity contribution in [2.75, 3.05) is 36.5 Å². The fourth-order valence-electron chi connectivity index (χ4n) is 3.10. The first-order valence-electron chi connectivity index (χ1n) is 6.98. The predicted octanol–water partition coefficient (Wildman–Crippen LogP) is 2.65. The number of fused-ring (bicyclic) bond motifs is 2. The van der Waals surface area contributed by atoms with Gasteiger partial charge in [0.25, 0.3) is 0 Å². The van der Waals surface area contributed by atoms with Gasteiger partial charge in [-0.3, -0.25) is 0 Å². The molecule has 0 bridgehead atoms. The summed E-state index contributed by atoms with van der Waals surface area (Å²) in [5.74, 6) is 0.615. The third-order valence-electron chi connectivity index (χ3n) is 4.05. The molecule has 3 heteroatoms. The van der Waals surface area contributed by atoms with Crippen molar-refractivity contribution in [1.29, 1.82) is 0 Å². The zero-order valence-electron chi connectivity index (χ0n) is 11.3. The van der Waals surface area contributed by atoms with E-state index in [1.54, 1.807) is 0 Å². The molecule has 2 atom stereocenters. The van der Waals surface area contributed by atoms with Crippen LogP contribution in [0.15, 0.2) is 18.2 Å². The average Bonchev–Trinajstić information content (AvgIpc) is 2.78. The van der Waals surface area contributed by atoms with Crippen LogP contribution in [-0.4, -0.2) is 32.3 Å². The SMILES string of the molecule is CCCN1c2cc(C)ccc2NCC2COCC21. The quantitative estimate of drug-likeness (QED) is 0.868. The van der Waals surface area contributed by atoms with Crippen molar-refractivity contribution in [1.82, 2.24) is 0 Å². The van der Waals surface area contributed by atoms with Crippen LogP contribution in [-0.2, 0) is 4.74 Å². The van der Waals surface area contributed by atoms with Crippen LogP contribution in [0, 0.1) is 12.8 Å². The lowest BCUT2D eigenvalue weighted by atomic mass is 10.0. The minimum Gasteiger partial charge on any atom is -0.383 e. The van der Waals surface area contributed by atoms with Crippen molar-refractivity contribution in [2.45, 2.75) is 26.3 Å². The van der Waals surface area contributed by atoms with Gasteiger partial charge in [-0.05, 0) is 31.0 Å². The summed E-state index contributed by atoms with van der Waals surface area (Å²) in [6, 6.07) is 7.25. The molecule has 1 N–H and O–H groups in total. The van der Waals surface area contributed by atoms with E-state index in [0.717, 1.165) is 26.3 Å². The van der Waals surface area contributed by atoms with E-state index < -0.39 is 0 Å². The molecule has 2 unspecified atom stereocenters. The molecule has 0 saturated carbocycles. The molecule has 1 aromatic rings.